The lowest BCUT2D eigenvalue weighted by atomic mass is 10.2. The van der Waals surface area contributed by atoms with Gasteiger partial charge in [0.15, 0.2) is 11.7 Å². The number of aliphatic imine (C=N–C) groups is 1. The molecule has 0 radical (unpaired) electrons. The number of nitrogens with zero attached hydrogens (tertiary/aromatic N) is 4. The molecule has 0 aromatic carbocycles. The van der Waals surface area contributed by atoms with Crippen LogP contribution in [0.2, 0.25) is 0 Å². The zero-order valence-corrected chi connectivity index (χ0v) is 18.8. The van der Waals surface area contributed by atoms with E-state index in [1.165, 1.54) is 0 Å². The molecule has 0 aliphatic heterocycles. The third-order valence-electron chi connectivity index (χ3n) is 3.87. The molecule has 2 N–H and O–H groups in total. The number of aromatic nitrogens is 3. The highest BCUT2D eigenvalue weighted by molar-refractivity contribution is 14.0. The molecule has 0 amide bonds. The number of nitrogens with one attached hydrogen (secondary N) is 2. The smallest absolute Gasteiger partial charge is 0.357 e. The molecule has 0 atom stereocenters. The maximum atomic E-state index is 12.6. The zero-order chi connectivity index (χ0) is 19.3. The molecule has 2 heterocycles. The number of hydrogen-bond donors (Lipinski definition) is 2. The number of guanidine groups is 1. The summed E-state index contributed by atoms with van der Waals surface area (Å²) in [4.78, 5) is 8.16. The first-order valence-electron chi connectivity index (χ1n) is 8.25. The fourth-order valence-electron chi connectivity index (χ4n) is 2.39. The van der Waals surface area contributed by atoms with Crippen LogP contribution in [0.25, 0.3) is 0 Å². The number of thiazole rings is 1. The van der Waals surface area contributed by atoms with Gasteiger partial charge in [-0.05, 0) is 20.8 Å². The Morgan fingerprint density at radius 2 is 2.00 bits per heavy atom. The minimum absolute atomic E-state index is 0. The lowest BCUT2D eigenvalue weighted by Crippen LogP contribution is -2.38. The van der Waals surface area contributed by atoms with Crippen LogP contribution in [-0.4, -0.2) is 33.8 Å². The molecular formula is C16H24F3IN6S. The van der Waals surface area contributed by atoms with E-state index in [-0.39, 0.29) is 24.0 Å². The van der Waals surface area contributed by atoms with Crippen molar-refractivity contribution in [2.75, 3.05) is 13.1 Å². The van der Waals surface area contributed by atoms with Crippen LogP contribution in [0.15, 0.2) is 10.4 Å². The fraction of sp³-hybridized carbons (Fsp3) is 0.562. The summed E-state index contributed by atoms with van der Waals surface area (Å²) in [6.45, 7) is 7.50. The average Bonchev–Trinajstić information content (AvgIpc) is 3.11. The van der Waals surface area contributed by atoms with Crippen molar-refractivity contribution >= 4 is 41.3 Å². The number of hydrogen-bond acceptors (Lipinski definition) is 4. The number of halogens is 4. The number of alkyl halides is 3. The van der Waals surface area contributed by atoms with Crippen LogP contribution in [0.3, 0.4) is 0 Å². The van der Waals surface area contributed by atoms with Gasteiger partial charge >= 0.3 is 6.18 Å². The normalized spacial score (nSPS) is 12.0. The highest BCUT2D eigenvalue weighted by Crippen LogP contribution is 2.29. The van der Waals surface area contributed by atoms with Crippen molar-refractivity contribution < 1.29 is 13.2 Å². The van der Waals surface area contributed by atoms with Crippen molar-refractivity contribution in [3.8, 4) is 0 Å². The van der Waals surface area contributed by atoms with E-state index in [2.05, 4.69) is 25.7 Å². The lowest BCUT2D eigenvalue weighted by molar-refractivity contribution is -0.140. The minimum Gasteiger partial charge on any atom is -0.357 e. The summed E-state index contributed by atoms with van der Waals surface area (Å²) in [5.74, 6) is 0.614. The first kappa shape index (κ1) is 23.7. The van der Waals surface area contributed by atoms with Crippen LogP contribution < -0.4 is 10.6 Å². The quantitative estimate of drug-likeness (QED) is 0.351. The first-order chi connectivity index (χ1) is 12.2. The fourth-order valence-corrected chi connectivity index (χ4v) is 3.19. The van der Waals surface area contributed by atoms with Gasteiger partial charge in [0.25, 0.3) is 0 Å². The maximum Gasteiger partial charge on any atom is 0.434 e. The molecule has 2 aromatic heterocycles. The van der Waals surface area contributed by atoms with Gasteiger partial charge in [-0.25, -0.2) is 9.98 Å². The SMILES string of the molecule is CCNC(=NCc1c(C)nn(C)c1C)NCCc1nc(C(F)(F)F)cs1.I. The third-order valence-corrected chi connectivity index (χ3v) is 4.78. The molecule has 0 aliphatic carbocycles. The van der Waals surface area contributed by atoms with Crippen molar-refractivity contribution in [3.63, 3.8) is 0 Å². The molecule has 0 unspecified atom stereocenters. The van der Waals surface area contributed by atoms with Gasteiger partial charge in [0, 0.05) is 43.2 Å². The number of aryl methyl sites for hydroxylation is 2. The zero-order valence-electron chi connectivity index (χ0n) is 15.6. The molecule has 152 valence electrons. The molecule has 0 fully saturated rings. The Labute approximate surface area is 177 Å². The topological polar surface area (TPSA) is 67.1 Å². The van der Waals surface area contributed by atoms with Crippen LogP contribution in [-0.2, 0) is 26.2 Å². The van der Waals surface area contributed by atoms with Crippen LogP contribution >= 0.6 is 35.3 Å². The summed E-state index contributed by atoms with van der Waals surface area (Å²) >= 11 is 1.02. The van der Waals surface area contributed by atoms with Crippen molar-refractivity contribution in [1.82, 2.24) is 25.4 Å². The van der Waals surface area contributed by atoms with E-state index < -0.39 is 11.9 Å². The van der Waals surface area contributed by atoms with Crippen LogP contribution in [0, 0.1) is 13.8 Å². The Balaban J connectivity index is 0.00000364. The monoisotopic (exact) mass is 516 g/mol. The van der Waals surface area contributed by atoms with E-state index in [1.807, 2.05) is 32.5 Å². The predicted molar refractivity (Wildman–Crippen MR) is 112 cm³/mol. The van der Waals surface area contributed by atoms with Crippen molar-refractivity contribution in [2.45, 2.75) is 39.9 Å². The Morgan fingerprint density at radius 3 is 2.52 bits per heavy atom. The van der Waals surface area contributed by atoms with Crippen molar-refractivity contribution in [3.05, 3.63) is 33.0 Å². The Hall–Kier alpha value is -1.37. The van der Waals surface area contributed by atoms with Gasteiger partial charge in [-0.15, -0.1) is 35.3 Å². The van der Waals surface area contributed by atoms with Gasteiger partial charge in [0.05, 0.1) is 17.2 Å². The first-order valence-corrected chi connectivity index (χ1v) is 9.13. The summed E-state index contributed by atoms with van der Waals surface area (Å²) in [5, 5.41) is 12.1. The van der Waals surface area contributed by atoms with E-state index in [0.29, 0.717) is 37.0 Å². The molecule has 11 heteroatoms. The van der Waals surface area contributed by atoms with Crippen LogP contribution in [0.1, 0.15) is 34.6 Å². The molecule has 6 nitrogen and oxygen atoms in total. The van der Waals surface area contributed by atoms with Gasteiger partial charge in [0.2, 0.25) is 0 Å². The van der Waals surface area contributed by atoms with E-state index >= 15 is 0 Å². The van der Waals surface area contributed by atoms with Crippen molar-refractivity contribution in [1.29, 1.82) is 0 Å². The Kier molecular flexibility index (Phi) is 8.99. The van der Waals surface area contributed by atoms with Crippen LogP contribution in [0.5, 0.6) is 0 Å². The molecule has 0 saturated heterocycles. The van der Waals surface area contributed by atoms with Gasteiger partial charge in [-0.2, -0.15) is 18.3 Å². The summed E-state index contributed by atoms with van der Waals surface area (Å²) < 4.78 is 39.5. The average molecular weight is 516 g/mol. The van der Waals surface area contributed by atoms with Gasteiger partial charge in [-0.1, -0.05) is 0 Å². The third kappa shape index (κ3) is 6.63. The molecule has 2 rings (SSSR count). The standard InChI is InChI=1S/C16H23F3N6S.HI/c1-5-20-15(22-8-12-10(2)24-25(4)11(12)3)21-7-6-14-23-13(9-26-14)16(17,18)19;/h9H,5-8H2,1-4H3,(H2,20,21,22);1H. The molecule has 27 heavy (non-hydrogen) atoms. The van der Waals surface area contributed by atoms with E-state index in [0.717, 1.165) is 33.7 Å². The predicted octanol–water partition coefficient (Wildman–Crippen LogP) is 3.43. The second-order valence-electron chi connectivity index (χ2n) is 5.77. The highest BCUT2D eigenvalue weighted by Gasteiger charge is 2.33. The highest BCUT2D eigenvalue weighted by atomic mass is 127. The van der Waals surface area contributed by atoms with E-state index in [4.69, 9.17) is 0 Å². The summed E-state index contributed by atoms with van der Waals surface area (Å²) in [5.41, 5.74) is 2.23. The lowest BCUT2D eigenvalue weighted by Gasteiger charge is -2.10. The maximum absolute atomic E-state index is 12.6. The molecule has 0 spiro atoms. The molecule has 0 bridgehead atoms. The molecule has 0 saturated carbocycles. The summed E-state index contributed by atoms with van der Waals surface area (Å²) in [6.07, 6.45) is -3.99. The second kappa shape index (κ2) is 10.2. The molecule has 2 aromatic rings. The summed E-state index contributed by atoms with van der Waals surface area (Å²) in [7, 11) is 1.89. The van der Waals surface area contributed by atoms with E-state index in [9.17, 15) is 13.2 Å². The van der Waals surface area contributed by atoms with Crippen molar-refractivity contribution in [2.24, 2.45) is 12.0 Å². The van der Waals surface area contributed by atoms with Gasteiger partial charge < -0.3 is 10.6 Å². The van der Waals surface area contributed by atoms with Gasteiger partial charge in [0.1, 0.15) is 0 Å². The summed E-state index contributed by atoms with van der Waals surface area (Å²) in [6, 6.07) is 0. The van der Waals surface area contributed by atoms with E-state index in [1.54, 1.807) is 0 Å². The largest absolute Gasteiger partial charge is 0.434 e. The number of rotatable bonds is 6. The second-order valence-corrected chi connectivity index (χ2v) is 6.71. The Bertz CT molecular complexity index is 769. The molecule has 0 aliphatic rings. The minimum atomic E-state index is -4.39. The Morgan fingerprint density at radius 1 is 1.30 bits per heavy atom. The van der Waals surface area contributed by atoms with Gasteiger partial charge in [-0.3, -0.25) is 4.68 Å². The van der Waals surface area contributed by atoms with Crippen LogP contribution in [0.4, 0.5) is 13.2 Å². The molecular weight excluding hydrogens is 492 g/mol.